The molecule has 1 amide bonds. The highest BCUT2D eigenvalue weighted by Gasteiger charge is 2.37. The summed E-state index contributed by atoms with van der Waals surface area (Å²) in [7, 11) is 0. The van der Waals surface area contributed by atoms with Crippen LogP contribution in [0.4, 0.5) is 4.39 Å². The molecular weight excluding hydrogens is 371 g/mol. The summed E-state index contributed by atoms with van der Waals surface area (Å²) in [6.45, 7) is 3.62. The van der Waals surface area contributed by atoms with Crippen molar-refractivity contribution >= 4 is 34.2 Å². The van der Waals surface area contributed by atoms with Crippen molar-refractivity contribution in [3.8, 4) is 0 Å². The number of piperidine rings is 2. The van der Waals surface area contributed by atoms with Crippen molar-refractivity contribution in [2.45, 2.75) is 25.7 Å². The van der Waals surface area contributed by atoms with E-state index in [1.807, 2.05) is 0 Å². The number of carbonyl (C=O) groups excluding carboxylic acids is 1. The molecule has 0 radical (unpaired) electrons. The highest BCUT2D eigenvalue weighted by atomic mass is 79.9. The summed E-state index contributed by atoms with van der Waals surface area (Å²) in [5, 5.41) is 3.39. The number of halogens is 3. The Labute approximate surface area is 145 Å². The molecule has 0 bridgehead atoms. The van der Waals surface area contributed by atoms with Crippen molar-refractivity contribution in [1.82, 2.24) is 10.2 Å². The number of rotatable bonds is 1. The number of hydrogen-bond acceptors (Lipinski definition) is 2. The molecule has 0 aromatic heterocycles. The molecule has 1 aromatic rings. The van der Waals surface area contributed by atoms with Gasteiger partial charge in [0.05, 0.1) is 5.56 Å². The number of nitrogens with one attached hydrogen (secondary N) is 1. The molecule has 1 aromatic carbocycles. The van der Waals surface area contributed by atoms with E-state index in [0.717, 1.165) is 39.0 Å². The third-order valence-electron chi connectivity index (χ3n) is 4.95. The molecule has 1 spiro atoms. The topological polar surface area (TPSA) is 32.3 Å². The molecule has 3 nitrogen and oxygen atoms in total. The van der Waals surface area contributed by atoms with Gasteiger partial charge in [-0.05, 0) is 72.3 Å². The van der Waals surface area contributed by atoms with Gasteiger partial charge in [-0.3, -0.25) is 4.79 Å². The molecule has 0 unspecified atom stereocenters. The molecule has 0 saturated carbocycles. The van der Waals surface area contributed by atoms with Crippen LogP contribution in [0.15, 0.2) is 22.7 Å². The van der Waals surface area contributed by atoms with Crippen LogP contribution in [-0.4, -0.2) is 37.0 Å². The molecule has 2 fully saturated rings. The van der Waals surface area contributed by atoms with E-state index in [4.69, 9.17) is 0 Å². The van der Waals surface area contributed by atoms with Crippen LogP contribution in [0.25, 0.3) is 0 Å². The summed E-state index contributed by atoms with van der Waals surface area (Å²) in [5.41, 5.74) is 0.563. The zero-order chi connectivity index (χ0) is 14.9. The maximum atomic E-state index is 13.9. The predicted molar refractivity (Wildman–Crippen MR) is 91.0 cm³/mol. The van der Waals surface area contributed by atoms with Crippen molar-refractivity contribution in [3.05, 3.63) is 34.1 Å². The Morgan fingerprint density at radius 1 is 1.18 bits per heavy atom. The zero-order valence-corrected chi connectivity index (χ0v) is 14.8. The summed E-state index contributed by atoms with van der Waals surface area (Å²) in [6.07, 6.45) is 4.45. The first-order valence-electron chi connectivity index (χ1n) is 7.55. The van der Waals surface area contributed by atoms with Gasteiger partial charge in [-0.1, -0.05) is 6.07 Å². The summed E-state index contributed by atoms with van der Waals surface area (Å²) in [6, 6.07) is 4.67. The van der Waals surface area contributed by atoms with Crippen molar-refractivity contribution < 1.29 is 9.18 Å². The molecule has 122 valence electrons. The van der Waals surface area contributed by atoms with E-state index in [0.29, 0.717) is 9.89 Å². The Kier molecular flexibility index (Phi) is 5.86. The van der Waals surface area contributed by atoms with Gasteiger partial charge in [0.25, 0.3) is 5.91 Å². The number of benzene rings is 1. The van der Waals surface area contributed by atoms with Gasteiger partial charge >= 0.3 is 0 Å². The number of amides is 1. The lowest BCUT2D eigenvalue weighted by Gasteiger charge is -2.44. The lowest BCUT2D eigenvalue weighted by Crippen LogP contribution is -2.47. The Morgan fingerprint density at radius 2 is 1.82 bits per heavy atom. The smallest absolute Gasteiger partial charge is 0.257 e. The second kappa shape index (κ2) is 7.28. The average Bonchev–Trinajstić information content (AvgIpc) is 2.48. The van der Waals surface area contributed by atoms with Crippen LogP contribution in [0, 0.1) is 11.2 Å². The van der Waals surface area contributed by atoms with E-state index in [1.165, 1.54) is 18.9 Å². The van der Waals surface area contributed by atoms with E-state index in [1.54, 1.807) is 17.0 Å². The van der Waals surface area contributed by atoms with E-state index < -0.39 is 5.82 Å². The second-order valence-corrected chi connectivity index (χ2v) is 6.99. The van der Waals surface area contributed by atoms with Gasteiger partial charge in [-0.25, -0.2) is 4.39 Å². The van der Waals surface area contributed by atoms with Crippen LogP contribution in [0.1, 0.15) is 36.0 Å². The number of likely N-dealkylation sites (tertiary alicyclic amines) is 1. The summed E-state index contributed by atoms with van der Waals surface area (Å²) in [5.74, 6) is -0.639. The third-order valence-corrected chi connectivity index (χ3v) is 5.61. The molecule has 22 heavy (non-hydrogen) atoms. The first-order valence-corrected chi connectivity index (χ1v) is 8.35. The molecule has 2 aliphatic rings. The molecule has 6 heteroatoms. The first-order chi connectivity index (χ1) is 10.1. The van der Waals surface area contributed by atoms with Crippen molar-refractivity contribution in [3.63, 3.8) is 0 Å². The highest BCUT2D eigenvalue weighted by Crippen LogP contribution is 2.40. The van der Waals surface area contributed by atoms with Crippen molar-refractivity contribution in [1.29, 1.82) is 0 Å². The maximum Gasteiger partial charge on any atom is 0.257 e. The SMILES string of the molecule is Cl.O=C(c1c(F)cccc1Br)N1CCC2(CCNCC2)CC1. The number of carbonyl (C=O) groups is 1. The van der Waals surface area contributed by atoms with E-state index >= 15 is 0 Å². The van der Waals surface area contributed by atoms with Crippen LogP contribution in [0.3, 0.4) is 0 Å². The highest BCUT2D eigenvalue weighted by molar-refractivity contribution is 9.10. The largest absolute Gasteiger partial charge is 0.338 e. The van der Waals surface area contributed by atoms with Gasteiger partial charge in [0.15, 0.2) is 0 Å². The summed E-state index contributed by atoms with van der Waals surface area (Å²) in [4.78, 5) is 14.4. The van der Waals surface area contributed by atoms with Gasteiger partial charge in [0, 0.05) is 17.6 Å². The lowest BCUT2D eigenvalue weighted by molar-refractivity contribution is 0.0491. The minimum absolute atomic E-state index is 0. The Bertz CT molecular complexity index is 519. The molecule has 2 saturated heterocycles. The van der Waals surface area contributed by atoms with Crippen LogP contribution in [-0.2, 0) is 0 Å². The first kappa shape index (κ1) is 17.7. The standard InChI is InChI=1S/C16H20BrFN2O.ClH/c17-12-2-1-3-13(18)14(12)15(21)20-10-6-16(7-11-20)4-8-19-9-5-16;/h1-3,19H,4-11H2;1H. The Morgan fingerprint density at radius 3 is 2.41 bits per heavy atom. The molecule has 2 aliphatic heterocycles. The minimum atomic E-state index is -0.448. The third kappa shape index (κ3) is 3.47. The van der Waals surface area contributed by atoms with Gasteiger partial charge in [-0.15, -0.1) is 12.4 Å². The van der Waals surface area contributed by atoms with Crippen LogP contribution in [0.5, 0.6) is 0 Å². The monoisotopic (exact) mass is 390 g/mol. The van der Waals surface area contributed by atoms with Crippen molar-refractivity contribution in [2.24, 2.45) is 5.41 Å². The lowest BCUT2D eigenvalue weighted by atomic mass is 9.71. The number of nitrogens with zero attached hydrogens (tertiary/aromatic N) is 1. The number of hydrogen-bond donors (Lipinski definition) is 1. The average molecular weight is 392 g/mol. The molecule has 0 atom stereocenters. The second-order valence-electron chi connectivity index (χ2n) is 6.14. The predicted octanol–water partition coefficient (Wildman–Crippen LogP) is 3.62. The molecule has 0 aliphatic carbocycles. The summed E-state index contributed by atoms with van der Waals surface area (Å²) >= 11 is 3.29. The van der Waals surface area contributed by atoms with Crippen molar-refractivity contribution in [2.75, 3.05) is 26.2 Å². The van der Waals surface area contributed by atoms with Gasteiger partial charge in [0.1, 0.15) is 5.82 Å². The molecular formula is C16H21BrClFN2O. The van der Waals surface area contributed by atoms with Gasteiger partial charge < -0.3 is 10.2 Å². The normalized spacial score (nSPS) is 20.5. The summed E-state index contributed by atoms with van der Waals surface area (Å²) < 4.78 is 14.5. The van der Waals surface area contributed by atoms with E-state index in [2.05, 4.69) is 21.2 Å². The Hall–Kier alpha value is -0.650. The quantitative estimate of drug-likeness (QED) is 0.793. The maximum absolute atomic E-state index is 13.9. The van der Waals surface area contributed by atoms with Crippen LogP contribution >= 0.6 is 28.3 Å². The molecule has 2 heterocycles. The van der Waals surface area contributed by atoms with E-state index in [9.17, 15) is 9.18 Å². The minimum Gasteiger partial charge on any atom is -0.338 e. The van der Waals surface area contributed by atoms with Crippen LogP contribution < -0.4 is 5.32 Å². The van der Waals surface area contributed by atoms with Gasteiger partial charge in [0.2, 0.25) is 0 Å². The van der Waals surface area contributed by atoms with E-state index in [-0.39, 0.29) is 23.9 Å². The fourth-order valence-corrected chi connectivity index (χ4v) is 4.01. The zero-order valence-electron chi connectivity index (χ0n) is 12.4. The van der Waals surface area contributed by atoms with Crippen LogP contribution in [0.2, 0.25) is 0 Å². The van der Waals surface area contributed by atoms with Gasteiger partial charge in [-0.2, -0.15) is 0 Å². The molecule has 3 rings (SSSR count). The molecule has 1 N–H and O–H groups in total. The fourth-order valence-electron chi connectivity index (χ4n) is 3.50. The fraction of sp³-hybridized carbons (Fsp3) is 0.562. The Balaban J connectivity index is 0.00000176.